The Morgan fingerprint density at radius 2 is 0.870 bits per heavy atom. The van der Waals surface area contributed by atoms with Crippen LogP contribution in [0.2, 0.25) is 0 Å². The van der Waals surface area contributed by atoms with Gasteiger partial charge in [0.1, 0.15) is 0 Å². The zero-order valence-electron chi connectivity index (χ0n) is 16.1. The molecule has 2 nitrogen and oxygen atoms in total. The molecule has 0 radical (unpaired) electrons. The van der Waals surface area contributed by atoms with Crippen molar-refractivity contribution in [2.45, 2.75) is 129 Å². The van der Waals surface area contributed by atoms with Gasteiger partial charge in [-0.25, -0.2) is 0 Å². The van der Waals surface area contributed by atoms with E-state index >= 15 is 0 Å². The summed E-state index contributed by atoms with van der Waals surface area (Å²) in [6, 6.07) is 0. The Hall–Kier alpha value is -0.0800. The fourth-order valence-corrected chi connectivity index (χ4v) is 3.41. The first-order valence-corrected chi connectivity index (χ1v) is 10.5. The van der Waals surface area contributed by atoms with Crippen molar-refractivity contribution in [3.63, 3.8) is 0 Å². The molecular formula is C21H44O2. The lowest BCUT2D eigenvalue weighted by atomic mass is 9.85. The van der Waals surface area contributed by atoms with Crippen molar-refractivity contribution in [3.8, 4) is 0 Å². The summed E-state index contributed by atoms with van der Waals surface area (Å²) in [5.41, 5.74) is -0.468. The summed E-state index contributed by atoms with van der Waals surface area (Å²) < 4.78 is 0. The molecule has 0 fully saturated rings. The number of hydrogen-bond donors (Lipinski definition) is 2. The van der Waals surface area contributed by atoms with E-state index in [1.165, 1.54) is 64.2 Å². The van der Waals surface area contributed by atoms with Gasteiger partial charge < -0.3 is 10.2 Å². The first-order chi connectivity index (χ1) is 11.2. The molecule has 0 unspecified atom stereocenters. The summed E-state index contributed by atoms with van der Waals surface area (Å²) >= 11 is 0. The quantitative estimate of drug-likeness (QED) is 0.286. The number of aliphatic hydroxyl groups is 2. The summed E-state index contributed by atoms with van der Waals surface area (Å²) in [4.78, 5) is 0. The van der Waals surface area contributed by atoms with Gasteiger partial charge in [-0.1, -0.05) is 90.9 Å². The third kappa shape index (κ3) is 15.2. The monoisotopic (exact) mass is 328 g/mol. The maximum absolute atomic E-state index is 11.0. The molecular weight excluding hydrogens is 284 g/mol. The Morgan fingerprint density at radius 3 is 1.26 bits per heavy atom. The van der Waals surface area contributed by atoms with Gasteiger partial charge in [0.05, 0.1) is 5.60 Å². The van der Waals surface area contributed by atoms with Crippen LogP contribution in [0.3, 0.4) is 0 Å². The van der Waals surface area contributed by atoms with Crippen molar-refractivity contribution in [2.24, 2.45) is 0 Å². The summed E-state index contributed by atoms with van der Waals surface area (Å²) in [6.45, 7) is 4.75. The molecule has 0 aliphatic carbocycles. The van der Waals surface area contributed by atoms with E-state index in [1.807, 2.05) is 0 Å². The SMILES string of the molecule is CCCCCCCCC(O)(CCCCO)CCCCCCCC. The van der Waals surface area contributed by atoms with Crippen molar-refractivity contribution in [2.75, 3.05) is 6.61 Å². The number of unbranched alkanes of at least 4 members (excludes halogenated alkanes) is 11. The lowest BCUT2D eigenvalue weighted by Crippen LogP contribution is -2.28. The Bertz CT molecular complexity index is 212. The Kier molecular flexibility index (Phi) is 16.7. The van der Waals surface area contributed by atoms with E-state index in [9.17, 15) is 5.11 Å². The molecule has 0 amide bonds. The third-order valence-electron chi connectivity index (χ3n) is 5.04. The minimum atomic E-state index is -0.468. The standard InChI is InChI=1S/C21H44O2/c1-3-5-7-9-11-13-17-21(23,19-15-16-20-22)18-14-12-10-8-6-4-2/h22-23H,3-20H2,1-2H3. The van der Waals surface area contributed by atoms with Crippen LogP contribution in [0.5, 0.6) is 0 Å². The maximum atomic E-state index is 11.0. The van der Waals surface area contributed by atoms with Crippen LogP contribution in [-0.2, 0) is 0 Å². The highest BCUT2D eigenvalue weighted by Gasteiger charge is 2.25. The molecule has 23 heavy (non-hydrogen) atoms. The second kappa shape index (κ2) is 16.8. The van der Waals surface area contributed by atoms with Crippen LogP contribution in [0.1, 0.15) is 123 Å². The van der Waals surface area contributed by atoms with Crippen LogP contribution >= 0.6 is 0 Å². The van der Waals surface area contributed by atoms with Crippen molar-refractivity contribution < 1.29 is 10.2 Å². The minimum absolute atomic E-state index is 0.254. The van der Waals surface area contributed by atoms with E-state index in [4.69, 9.17) is 5.11 Å². The van der Waals surface area contributed by atoms with Crippen LogP contribution in [-0.4, -0.2) is 22.4 Å². The Morgan fingerprint density at radius 1 is 0.522 bits per heavy atom. The largest absolute Gasteiger partial charge is 0.396 e. The second-order valence-electron chi connectivity index (χ2n) is 7.44. The first kappa shape index (κ1) is 22.9. The number of hydrogen-bond acceptors (Lipinski definition) is 2. The molecule has 140 valence electrons. The molecule has 0 heterocycles. The van der Waals surface area contributed by atoms with Gasteiger partial charge in [0.2, 0.25) is 0 Å². The summed E-state index contributed by atoms with van der Waals surface area (Å²) in [7, 11) is 0. The lowest BCUT2D eigenvalue weighted by Gasteiger charge is -2.28. The summed E-state index contributed by atoms with van der Waals surface area (Å²) in [6.07, 6.45) is 20.0. The first-order valence-electron chi connectivity index (χ1n) is 10.5. The van der Waals surface area contributed by atoms with Gasteiger partial charge in [-0.2, -0.15) is 0 Å². The van der Waals surface area contributed by atoms with E-state index < -0.39 is 5.60 Å². The second-order valence-corrected chi connectivity index (χ2v) is 7.44. The third-order valence-corrected chi connectivity index (χ3v) is 5.04. The zero-order valence-corrected chi connectivity index (χ0v) is 16.1. The molecule has 0 rings (SSSR count). The lowest BCUT2D eigenvalue weighted by molar-refractivity contribution is 0.00632. The number of aliphatic hydroxyl groups excluding tert-OH is 1. The molecule has 0 aromatic carbocycles. The molecule has 0 bridgehead atoms. The van der Waals surface area contributed by atoms with Crippen LogP contribution in [0.25, 0.3) is 0 Å². The average Bonchev–Trinajstić information content (AvgIpc) is 2.54. The fraction of sp³-hybridized carbons (Fsp3) is 1.00. The Balaban J connectivity index is 3.93. The normalized spacial score (nSPS) is 12.0. The molecule has 0 saturated heterocycles. The van der Waals surface area contributed by atoms with Gasteiger partial charge >= 0.3 is 0 Å². The topological polar surface area (TPSA) is 40.5 Å². The van der Waals surface area contributed by atoms with Crippen LogP contribution in [0.4, 0.5) is 0 Å². The Labute approximate surface area is 146 Å². The van der Waals surface area contributed by atoms with Crippen molar-refractivity contribution >= 4 is 0 Å². The molecule has 2 heteroatoms. The molecule has 0 aliphatic rings. The highest BCUT2D eigenvalue weighted by Crippen LogP contribution is 2.28. The van der Waals surface area contributed by atoms with Crippen molar-refractivity contribution in [1.82, 2.24) is 0 Å². The summed E-state index contributed by atoms with van der Waals surface area (Å²) in [5.74, 6) is 0. The van der Waals surface area contributed by atoms with E-state index in [0.717, 1.165) is 44.9 Å². The van der Waals surface area contributed by atoms with Crippen LogP contribution in [0, 0.1) is 0 Å². The van der Waals surface area contributed by atoms with E-state index in [0.29, 0.717) is 0 Å². The van der Waals surface area contributed by atoms with E-state index in [-0.39, 0.29) is 6.61 Å². The molecule has 0 aliphatic heterocycles. The molecule has 0 saturated carbocycles. The molecule has 0 aromatic heterocycles. The van der Waals surface area contributed by atoms with Gasteiger partial charge in [-0.15, -0.1) is 0 Å². The molecule has 0 spiro atoms. The average molecular weight is 329 g/mol. The predicted molar refractivity (Wildman–Crippen MR) is 102 cm³/mol. The van der Waals surface area contributed by atoms with E-state index in [2.05, 4.69) is 13.8 Å². The van der Waals surface area contributed by atoms with Crippen LogP contribution in [0.15, 0.2) is 0 Å². The smallest absolute Gasteiger partial charge is 0.0647 e. The van der Waals surface area contributed by atoms with Gasteiger partial charge in [0.25, 0.3) is 0 Å². The zero-order chi connectivity index (χ0) is 17.2. The highest BCUT2D eigenvalue weighted by molar-refractivity contribution is 4.78. The van der Waals surface area contributed by atoms with E-state index in [1.54, 1.807) is 0 Å². The minimum Gasteiger partial charge on any atom is -0.396 e. The maximum Gasteiger partial charge on any atom is 0.0647 e. The van der Waals surface area contributed by atoms with Crippen LogP contribution < -0.4 is 0 Å². The highest BCUT2D eigenvalue weighted by atomic mass is 16.3. The van der Waals surface area contributed by atoms with Gasteiger partial charge in [-0.3, -0.25) is 0 Å². The molecule has 0 aromatic rings. The van der Waals surface area contributed by atoms with Gasteiger partial charge in [-0.05, 0) is 32.1 Å². The van der Waals surface area contributed by atoms with Crippen molar-refractivity contribution in [1.29, 1.82) is 0 Å². The summed E-state index contributed by atoms with van der Waals surface area (Å²) in [5, 5.41) is 19.9. The predicted octanol–water partition coefficient (Wildman–Crippen LogP) is 6.38. The molecule has 0 atom stereocenters. The fourth-order valence-electron chi connectivity index (χ4n) is 3.41. The van der Waals surface area contributed by atoms with Gasteiger partial charge in [0, 0.05) is 6.61 Å². The molecule has 2 N–H and O–H groups in total. The van der Waals surface area contributed by atoms with Crippen molar-refractivity contribution in [3.05, 3.63) is 0 Å². The number of rotatable bonds is 18. The van der Waals surface area contributed by atoms with Gasteiger partial charge in [0.15, 0.2) is 0 Å².